The molecule has 0 aliphatic heterocycles. The zero-order valence-electron chi connectivity index (χ0n) is 22.9. The van der Waals surface area contributed by atoms with Crippen LogP contribution >= 0.6 is 0 Å². The van der Waals surface area contributed by atoms with Crippen LogP contribution in [0.3, 0.4) is 0 Å². The number of carbonyl (C=O) groups excluding carboxylic acids is 2. The number of hydrogen-bond donors (Lipinski definition) is 1. The minimum atomic E-state index is -0.326. The molecule has 0 bridgehead atoms. The lowest BCUT2D eigenvalue weighted by atomic mass is 10.1. The molecule has 4 heterocycles. The number of nitrogens with one attached hydrogen (secondary N) is 1. The lowest BCUT2D eigenvalue weighted by molar-refractivity contribution is 0.0991. The molecule has 0 unspecified atom stereocenters. The van der Waals surface area contributed by atoms with Gasteiger partial charge in [0.25, 0.3) is 11.8 Å². The fraction of sp³-hybridized carbons (Fsp3) is 0.0909. The summed E-state index contributed by atoms with van der Waals surface area (Å²) >= 11 is 0. The summed E-state index contributed by atoms with van der Waals surface area (Å²) in [5.74, 6) is -0.0450. The van der Waals surface area contributed by atoms with Crippen molar-refractivity contribution in [2.45, 2.75) is 13.0 Å². The maximum Gasteiger partial charge on any atom is 0.259 e. The van der Waals surface area contributed by atoms with Crippen molar-refractivity contribution < 1.29 is 9.59 Å². The summed E-state index contributed by atoms with van der Waals surface area (Å²) in [5, 5.41) is 2.99. The van der Waals surface area contributed by atoms with Gasteiger partial charge in [-0.25, -0.2) is 4.98 Å². The summed E-state index contributed by atoms with van der Waals surface area (Å²) in [5.41, 5.74) is 5.98. The van der Waals surface area contributed by atoms with Gasteiger partial charge in [-0.05, 0) is 72.1 Å². The summed E-state index contributed by atoms with van der Waals surface area (Å²) in [6.45, 7) is 0.561. The number of anilines is 2. The molecule has 2 amide bonds. The average molecular weight is 554 g/mol. The van der Waals surface area contributed by atoms with Gasteiger partial charge >= 0.3 is 0 Å². The number of pyridine rings is 3. The molecule has 6 aromatic rings. The molecule has 0 spiro atoms. The van der Waals surface area contributed by atoms with Gasteiger partial charge in [0.2, 0.25) is 5.95 Å². The van der Waals surface area contributed by atoms with Gasteiger partial charge in [0.15, 0.2) is 0 Å². The Labute approximate surface area is 242 Å². The summed E-state index contributed by atoms with van der Waals surface area (Å²) in [4.78, 5) is 45.5. The second-order valence-corrected chi connectivity index (χ2v) is 9.75. The van der Waals surface area contributed by atoms with Crippen molar-refractivity contribution in [2.75, 3.05) is 17.3 Å². The van der Waals surface area contributed by atoms with Crippen LogP contribution in [0.1, 0.15) is 26.3 Å². The Morgan fingerprint density at radius 3 is 2.40 bits per heavy atom. The number of amides is 2. The number of rotatable bonds is 8. The Bertz CT molecular complexity index is 1860. The van der Waals surface area contributed by atoms with Crippen molar-refractivity contribution in [1.82, 2.24) is 24.5 Å². The highest BCUT2D eigenvalue weighted by molar-refractivity contribution is 6.07. The van der Waals surface area contributed by atoms with Crippen molar-refractivity contribution in [1.29, 1.82) is 0 Å². The standard InChI is InChI=1S/C33H27N7O2/c1-39(32(42)25-7-3-2-4-8-25)28-9-10-30-29(19-28)37-33(40(30)17-13-23-6-5-14-35-20-23)38-31(41)27-18-26(21-36-22-27)24-11-15-34-16-12-24/h2-12,14-16,18-22H,13,17H2,1H3,(H,37,38,41). The monoisotopic (exact) mass is 553 g/mol. The first-order chi connectivity index (χ1) is 20.6. The van der Waals surface area contributed by atoms with Gasteiger partial charge in [-0.1, -0.05) is 24.3 Å². The van der Waals surface area contributed by atoms with Crippen LogP contribution in [0.15, 0.2) is 116 Å². The molecule has 1 N–H and O–H groups in total. The van der Waals surface area contributed by atoms with E-state index in [2.05, 4.69) is 20.3 Å². The lowest BCUT2D eigenvalue weighted by Gasteiger charge is -2.17. The SMILES string of the molecule is CN(C(=O)c1ccccc1)c1ccc2c(c1)nc(NC(=O)c1cncc(-c3ccncc3)c1)n2CCc1cccnc1. The Morgan fingerprint density at radius 1 is 0.786 bits per heavy atom. The summed E-state index contributed by atoms with van der Waals surface area (Å²) in [6, 6.07) is 24.3. The number of carbonyl (C=O) groups is 2. The Balaban J connectivity index is 1.32. The van der Waals surface area contributed by atoms with Crippen LogP contribution in [-0.2, 0) is 13.0 Å². The normalized spacial score (nSPS) is 10.9. The van der Waals surface area contributed by atoms with Gasteiger partial charge in [-0.3, -0.25) is 29.9 Å². The van der Waals surface area contributed by atoms with E-state index in [1.165, 1.54) is 6.20 Å². The number of fused-ring (bicyclic) bond motifs is 1. The second kappa shape index (κ2) is 11.8. The van der Waals surface area contributed by atoms with Gasteiger partial charge in [0.1, 0.15) is 0 Å². The molecule has 0 radical (unpaired) electrons. The maximum absolute atomic E-state index is 13.4. The average Bonchev–Trinajstić information content (AvgIpc) is 3.40. The first-order valence-electron chi connectivity index (χ1n) is 13.5. The Hall–Kier alpha value is -5.70. The van der Waals surface area contributed by atoms with E-state index in [-0.39, 0.29) is 11.8 Å². The van der Waals surface area contributed by atoms with Crippen molar-refractivity contribution in [3.8, 4) is 11.1 Å². The first kappa shape index (κ1) is 26.5. The fourth-order valence-corrected chi connectivity index (χ4v) is 4.77. The van der Waals surface area contributed by atoms with Gasteiger partial charge in [0.05, 0.1) is 16.6 Å². The van der Waals surface area contributed by atoms with Gasteiger partial charge in [0, 0.05) is 67.6 Å². The third kappa shape index (κ3) is 5.62. The predicted molar refractivity (Wildman–Crippen MR) is 162 cm³/mol. The van der Waals surface area contributed by atoms with E-state index in [0.29, 0.717) is 41.2 Å². The van der Waals surface area contributed by atoms with Gasteiger partial charge < -0.3 is 9.47 Å². The molecule has 0 fully saturated rings. The molecule has 0 saturated carbocycles. The third-order valence-corrected chi connectivity index (χ3v) is 7.03. The van der Waals surface area contributed by atoms with Gasteiger partial charge in [-0.2, -0.15) is 0 Å². The highest BCUT2D eigenvalue weighted by Gasteiger charge is 2.19. The maximum atomic E-state index is 13.4. The molecule has 9 heteroatoms. The molecular weight excluding hydrogens is 526 g/mol. The molecule has 0 atom stereocenters. The van der Waals surface area contributed by atoms with Crippen LogP contribution < -0.4 is 10.2 Å². The zero-order chi connectivity index (χ0) is 28.9. The molecular formula is C33H27N7O2. The van der Waals surface area contributed by atoms with E-state index < -0.39 is 0 Å². The van der Waals surface area contributed by atoms with Crippen molar-refractivity contribution >= 4 is 34.5 Å². The van der Waals surface area contributed by atoms with Crippen LogP contribution in [0.25, 0.3) is 22.2 Å². The van der Waals surface area contributed by atoms with E-state index in [4.69, 9.17) is 4.98 Å². The van der Waals surface area contributed by atoms with Crippen LogP contribution in [0.4, 0.5) is 11.6 Å². The van der Waals surface area contributed by atoms with Crippen molar-refractivity contribution in [3.05, 3.63) is 133 Å². The molecule has 42 heavy (non-hydrogen) atoms. The number of aryl methyl sites for hydroxylation is 2. The molecule has 6 rings (SSSR count). The summed E-state index contributed by atoms with van der Waals surface area (Å²) in [6.07, 6.45) is 10.9. The molecule has 2 aromatic carbocycles. The zero-order valence-corrected chi connectivity index (χ0v) is 22.9. The quantitative estimate of drug-likeness (QED) is 0.261. The highest BCUT2D eigenvalue weighted by atomic mass is 16.2. The fourth-order valence-electron chi connectivity index (χ4n) is 4.77. The van der Waals surface area contributed by atoms with Crippen LogP contribution in [0.5, 0.6) is 0 Å². The van der Waals surface area contributed by atoms with Crippen LogP contribution in [0.2, 0.25) is 0 Å². The molecule has 0 saturated heterocycles. The highest BCUT2D eigenvalue weighted by Crippen LogP contribution is 2.27. The van der Waals surface area contributed by atoms with Gasteiger partial charge in [-0.15, -0.1) is 0 Å². The molecule has 0 aliphatic carbocycles. The summed E-state index contributed by atoms with van der Waals surface area (Å²) in [7, 11) is 1.74. The second-order valence-electron chi connectivity index (χ2n) is 9.75. The Morgan fingerprint density at radius 2 is 1.62 bits per heavy atom. The van der Waals surface area contributed by atoms with Crippen molar-refractivity contribution in [2.24, 2.45) is 0 Å². The predicted octanol–water partition coefficient (Wildman–Crippen LogP) is 5.66. The molecule has 0 aliphatic rings. The molecule has 4 aromatic heterocycles. The third-order valence-electron chi connectivity index (χ3n) is 7.03. The number of aromatic nitrogens is 5. The first-order valence-corrected chi connectivity index (χ1v) is 13.5. The smallest absolute Gasteiger partial charge is 0.259 e. The number of hydrogen-bond acceptors (Lipinski definition) is 6. The van der Waals surface area contributed by atoms with Crippen LogP contribution in [0, 0.1) is 0 Å². The summed E-state index contributed by atoms with van der Waals surface area (Å²) < 4.78 is 1.98. The minimum absolute atomic E-state index is 0.124. The lowest BCUT2D eigenvalue weighted by Crippen LogP contribution is -2.26. The van der Waals surface area contributed by atoms with E-state index in [1.807, 2.05) is 71.4 Å². The number of benzene rings is 2. The largest absolute Gasteiger partial charge is 0.311 e. The molecule has 206 valence electrons. The van der Waals surface area contributed by atoms with E-state index in [9.17, 15) is 9.59 Å². The minimum Gasteiger partial charge on any atom is -0.311 e. The number of imidazole rings is 1. The topological polar surface area (TPSA) is 106 Å². The van der Waals surface area contributed by atoms with E-state index in [0.717, 1.165) is 22.2 Å². The Kier molecular flexibility index (Phi) is 7.46. The molecule has 9 nitrogen and oxygen atoms in total. The van der Waals surface area contributed by atoms with E-state index in [1.54, 1.807) is 54.9 Å². The number of nitrogens with zero attached hydrogens (tertiary/aromatic N) is 6. The van der Waals surface area contributed by atoms with Crippen LogP contribution in [-0.4, -0.2) is 43.4 Å². The van der Waals surface area contributed by atoms with E-state index >= 15 is 0 Å². The van der Waals surface area contributed by atoms with Crippen molar-refractivity contribution in [3.63, 3.8) is 0 Å².